The van der Waals surface area contributed by atoms with Crippen molar-refractivity contribution in [3.8, 4) is 0 Å². The van der Waals surface area contributed by atoms with Crippen molar-refractivity contribution < 1.29 is 5.11 Å². The Labute approximate surface area is 102 Å². The third-order valence-electron chi connectivity index (χ3n) is 3.09. The second-order valence-corrected chi connectivity index (χ2v) is 5.05. The SMILES string of the molecule is CCCc1nnsc1C(O)CC(CC)CC. The van der Waals surface area contributed by atoms with E-state index in [0.717, 1.165) is 42.7 Å². The van der Waals surface area contributed by atoms with Crippen LogP contribution >= 0.6 is 11.5 Å². The molecule has 0 saturated heterocycles. The van der Waals surface area contributed by atoms with E-state index < -0.39 is 0 Å². The molecule has 0 aliphatic heterocycles. The van der Waals surface area contributed by atoms with Crippen LogP contribution in [0.3, 0.4) is 0 Å². The van der Waals surface area contributed by atoms with Crippen LogP contribution in [0.4, 0.5) is 0 Å². The molecule has 16 heavy (non-hydrogen) atoms. The summed E-state index contributed by atoms with van der Waals surface area (Å²) in [4.78, 5) is 0.980. The van der Waals surface area contributed by atoms with E-state index >= 15 is 0 Å². The second kappa shape index (κ2) is 6.97. The molecule has 1 aromatic heterocycles. The van der Waals surface area contributed by atoms with Gasteiger partial charge in [-0.15, -0.1) is 5.10 Å². The number of hydrogen-bond donors (Lipinski definition) is 1. The Bertz CT molecular complexity index is 297. The molecule has 1 aromatic rings. The van der Waals surface area contributed by atoms with Crippen LogP contribution in [0.2, 0.25) is 0 Å². The Hall–Kier alpha value is -0.480. The van der Waals surface area contributed by atoms with E-state index in [1.54, 1.807) is 0 Å². The Morgan fingerprint density at radius 3 is 2.50 bits per heavy atom. The first-order valence-electron chi connectivity index (χ1n) is 6.22. The van der Waals surface area contributed by atoms with Gasteiger partial charge >= 0.3 is 0 Å². The van der Waals surface area contributed by atoms with E-state index in [2.05, 4.69) is 30.4 Å². The van der Waals surface area contributed by atoms with Gasteiger partial charge in [0.05, 0.1) is 16.7 Å². The van der Waals surface area contributed by atoms with E-state index in [9.17, 15) is 5.11 Å². The molecule has 0 radical (unpaired) electrons. The van der Waals surface area contributed by atoms with Crippen molar-refractivity contribution >= 4 is 11.5 Å². The molecule has 0 fully saturated rings. The molecule has 0 spiro atoms. The predicted molar refractivity (Wildman–Crippen MR) is 67.6 cm³/mol. The Morgan fingerprint density at radius 2 is 1.94 bits per heavy atom. The van der Waals surface area contributed by atoms with Crippen LogP contribution in [0.5, 0.6) is 0 Å². The fourth-order valence-corrected chi connectivity index (χ4v) is 2.62. The minimum Gasteiger partial charge on any atom is -0.387 e. The van der Waals surface area contributed by atoms with Gasteiger partial charge in [-0.3, -0.25) is 0 Å². The van der Waals surface area contributed by atoms with E-state index in [4.69, 9.17) is 0 Å². The topological polar surface area (TPSA) is 46.0 Å². The lowest BCUT2D eigenvalue weighted by molar-refractivity contribution is 0.143. The van der Waals surface area contributed by atoms with Gasteiger partial charge in [0.15, 0.2) is 0 Å². The highest BCUT2D eigenvalue weighted by molar-refractivity contribution is 7.05. The van der Waals surface area contributed by atoms with E-state index in [-0.39, 0.29) is 6.10 Å². The highest BCUT2D eigenvalue weighted by Crippen LogP contribution is 2.29. The molecular weight excluding hydrogens is 220 g/mol. The Morgan fingerprint density at radius 1 is 1.25 bits per heavy atom. The van der Waals surface area contributed by atoms with Crippen molar-refractivity contribution in [2.45, 2.75) is 59.0 Å². The van der Waals surface area contributed by atoms with Gasteiger partial charge in [-0.25, -0.2) is 0 Å². The van der Waals surface area contributed by atoms with Crippen molar-refractivity contribution in [2.75, 3.05) is 0 Å². The number of aryl methyl sites for hydroxylation is 1. The molecule has 0 aliphatic rings. The van der Waals surface area contributed by atoms with Gasteiger partial charge in [0.2, 0.25) is 0 Å². The molecule has 92 valence electrons. The Balaban J connectivity index is 2.64. The lowest BCUT2D eigenvalue weighted by Gasteiger charge is -2.16. The molecule has 1 heterocycles. The van der Waals surface area contributed by atoms with E-state index in [1.165, 1.54) is 11.5 Å². The zero-order valence-corrected chi connectivity index (χ0v) is 11.3. The van der Waals surface area contributed by atoms with Crippen LogP contribution in [-0.4, -0.2) is 14.7 Å². The summed E-state index contributed by atoms with van der Waals surface area (Å²) in [7, 11) is 0. The summed E-state index contributed by atoms with van der Waals surface area (Å²) in [6, 6.07) is 0. The number of nitrogens with zero attached hydrogens (tertiary/aromatic N) is 2. The summed E-state index contributed by atoms with van der Waals surface area (Å²) in [5.74, 6) is 0.603. The van der Waals surface area contributed by atoms with Gasteiger partial charge in [-0.1, -0.05) is 44.5 Å². The molecule has 1 N–H and O–H groups in total. The first-order valence-corrected chi connectivity index (χ1v) is 6.99. The maximum atomic E-state index is 10.2. The minimum atomic E-state index is -0.369. The van der Waals surface area contributed by atoms with Crippen molar-refractivity contribution in [1.82, 2.24) is 9.59 Å². The zero-order valence-electron chi connectivity index (χ0n) is 10.4. The summed E-state index contributed by atoms with van der Waals surface area (Å²) < 4.78 is 3.95. The number of aliphatic hydroxyl groups is 1. The molecule has 0 bridgehead atoms. The van der Waals surface area contributed by atoms with Crippen LogP contribution < -0.4 is 0 Å². The molecule has 4 heteroatoms. The Kier molecular flexibility index (Phi) is 5.91. The fraction of sp³-hybridized carbons (Fsp3) is 0.833. The summed E-state index contributed by atoms with van der Waals surface area (Å²) in [5, 5.41) is 14.3. The van der Waals surface area contributed by atoms with Gasteiger partial charge in [0.1, 0.15) is 0 Å². The van der Waals surface area contributed by atoms with Crippen LogP contribution in [0, 0.1) is 5.92 Å². The average Bonchev–Trinajstić information content (AvgIpc) is 2.74. The quantitative estimate of drug-likeness (QED) is 0.797. The van der Waals surface area contributed by atoms with Gasteiger partial charge in [0, 0.05) is 0 Å². The lowest BCUT2D eigenvalue weighted by atomic mass is 9.95. The first kappa shape index (κ1) is 13.6. The number of rotatable bonds is 7. The van der Waals surface area contributed by atoms with Crippen LogP contribution in [0.25, 0.3) is 0 Å². The van der Waals surface area contributed by atoms with Gasteiger partial charge in [-0.05, 0) is 30.3 Å². The fourth-order valence-electron chi connectivity index (χ4n) is 1.92. The molecule has 0 amide bonds. The number of aromatic nitrogens is 2. The summed E-state index contributed by atoms with van der Waals surface area (Å²) in [6.07, 6.45) is 4.70. The summed E-state index contributed by atoms with van der Waals surface area (Å²) in [5.41, 5.74) is 0.992. The highest BCUT2D eigenvalue weighted by Gasteiger charge is 2.19. The van der Waals surface area contributed by atoms with Crippen molar-refractivity contribution in [2.24, 2.45) is 5.92 Å². The third-order valence-corrected chi connectivity index (χ3v) is 3.95. The molecule has 0 aliphatic carbocycles. The van der Waals surface area contributed by atoms with Gasteiger partial charge < -0.3 is 5.11 Å². The maximum absolute atomic E-state index is 10.2. The highest BCUT2D eigenvalue weighted by atomic mass is 32.1. The van der Waals surface area contributed by atoms with Gasteiger partial charge in [-0.2, -0.15) is 0 Å². The van der Waals surface area contributed by atoms with Crippen LogP contribution in [0.15, 0.2) is 0 Å². The molecule has 1 rings (SSSR count). The lowest BCUT2D eigenvalue weighted by Crippen LogP contribution is -2.06. The zero-order chi connectivity index (χ0) is 12.0. The van der Waals surface area contributed by atoms with Crippen molar-refractivity contribution in [3.63, 3.8) is 0 Å². The van der Waals surface area contributed by atoms with Crippen molar-refractivity contribution in [1.29, 1.82) is 0 Å². The molecule has 3 nitrogen and oxygen atoms in total. The number of hydrogen-bond acceptors (Lipinski definition) is 4. The third kappa shape index (κ3) is 3.52. The summed E-state index contributed by atoms with van der Waals surface area (Å²) in [6.45, 7) is 6.48. The maximum Gasteiger partial charge on any atom is 0.0919 e. The number of aliphatic hydroxyl groups excluding tert-OH is 1. The molecule has 0 aromatic carbocycles. The van der Waals surface area contributed by atoms with Gasteiger partial charge in [0.25, 0.3) is 0 Å². The minimum absolute atomic E-state index is 0.369. The predicted octanol–water partition coefficient (Wildman–Crippen LogP) is 3.35. The largest absolute Gasteiger partial charge is 0.387 e. The van der Waals surface area contributed by atoms with E-state index in [0.29, 0.717) is 5.92 Å². The normalized spacial score (nSPS) is 13.3. The smallest absolute Gasteiger partial charge is 0.0919 e. The molecule has 1 atom stereocenters. The van der Waals surface area contributed by atoms with Crippen LogP contribution in [-0.2, 0) is 6.42 Å². The first-order chi connectivity index (χ1) is 7.72. The molecule has 0 saturated carbocycles. The summed E-state index contributed by atoms with van der Waals surface area (Å²) >= 11 is 1.35. The molecule has 1 unspecified atom stereocenters. The monoisotopic (exact) mass is 242 g/mol. The average molecular weight is 242 g/mol. The second-order valence-electron chi connectivity index (χ2n) is 4.27. The van der Waals surface area contributed by atoms with Crippen molar-refractivity contribution in [3.05, 3.63) is 10.6 Å². The standard InChI is InChI=1S/C12H22N2OS/c1-4-7-10-12(16-14-13-10)11(15)8-9(5-2)6-3/h9,11,15H,4-8H2,1-3H3. The molecular formula is C12H22N2OS. The van der Waals surface area contributed by atoms with Crippen LogP contribution in [0.1, 0.15) is 63.1 Å². The van der Waals surface area contributed by atoms with E-state index in [1.807, 2.05) is 0 Å².